The van der Waals surface area contributed by atoms with Crippen LogP contribution in [0.15, 0.2) is 36.7 Å². The van der Waals surface area contributed by atoms with Gasteiger partial charge in [0, 0.05) is 23.9 Å². The number of nitrogens with one attached hydrogen (secondary N) is 1. The minimum Gasteiger partial charge on any atom is -0.417 e. The van der Waals surface area contributed by atoms with Gasteiger partial charge in [-0.2, -0.15) is 17.6 Å². The van der Waals surface area contributed by atoms with E-state index in [1.165, 1.54) is 24.4 Å². The van der Waals surface area contributed by atoms with E-state index in [9.17, 15) is 22.4 Å². The molecule has 0 aromatic carbocycles. The maximum atomic E-state index is 12.5. The summed E-state index contributed by atoms with van der Waals surface area (Å²) in [5.41, 5.74) is 6.28. The van der Waals surface area contributed by atoms with Crippen molar-refractivity contribution in [2.75, 3.05) is 11.1 Å². The standard InChI is InChI=1S/C16H11F4N5O3S/c17-14(18)27-9-3-1-7(5-22-9)11(26)12-13(21)25-16(29-12)24-8-2-4-10(23-6-8)28-15(19)20/h1-6,14-15H,21H2,(H,24,25). The molecule has 8 nitrogen and oxygen atoms in total. The normalized spacial score (nSPS) is 11.0. The number of nitrogens with two attached hydrogens (primary N) is 1. The number of hydrogen-bond donors (Lipinski definition) is 2. The van der Waals surface area contributed by atoms with Crippen LogP contribution in [0.1, 0.15) is 15.2 Å². The SMILES string of the molecule is Nc1nc(Nc2ccc(OC(F)F)nc2)sc1C(=O)c1ccc(OC(F)F)nc1. The molecule has 0 saturated carbocycles. The van der Waals surface area contributed by atoms with Crippen molar-refractivity contribution in [2.45, 2.75) is 13.2 Å². The third-order valence-corrected chi connectivity index (χ3v) is 4.25. The zero-order valence-corrected chi connectivity index (χ0v) is 15.0. The Morgan fingerprint density at radius 2 is 1.62 bits per heavy atom. The molecular weight excluding hydrogens is 418 g/mol. The lowest BCUT2D eigenvalue weighted by Gasteiger charge is -2.05. The highest BCUT2D eigenvalue weighted by Crippen LogP contribution is 2.30. The Bertz CT molecular complexity index is 983. The van der Waals surface area contributed by atoms with Crippen LogP contribution in [-0.4, -0.2) is 34.0 Å². The predicted octanol–water partition coefficient (Wildman–Crippen LogP) is 3.69. The summed E-state index contributed by atoms with van der Waals surface area (Å²) < 4.78 is 56.8. The molecule has 152 valence electrons. The second-order valence-corrected chi connectivity index (χ2v) is 6.21. The van der Waals surface area contributed by atoms with Gasteiger partial charge in [0.05, 0.1) is 11.9 Å². The van der Waals surface area contributed by atoms with Gasteiger partial charge in [-0.1, -0.05) is 11.3 Å². The monoisotopic (exact) mass is 429 g/mol. The van der Waals surface area contributed by atoms with E-state index < -0.39 is 19.0 Å². The van der Waals surface area contributed by atoms with Gasteiger partial charge in [0.1, 0.15) is 10.7 Å². The molecule has 3 N–H and O–H groups in total. The molecule has 0 bridgehead atoms. The van der Waals surface area contributed by atoms with E-state index >= 15 is 0 Å². The Hall–Kier alpha value is -3.48. The number of nitrogen functional groups attached to an aromatic ring is 1. The molecular formula is C16H11F4N5O3S. The molecule has 0 aliphatic carbocycles. The molecule has 3 heterocycles. The first kappa shape index (κ1) is 20.3. The highest BCUT2D eigenvalue weighted by molar-refractivity contribution is 7.18. The number of carbonyl (C=O) groups excluding carboxylic acids is 1. The van der Waals surface area contributed by atoms with Gasteiger partial charge >= 0.3 is 13.2 Å². The lowest BCUT2D eigenvalue weighted by molar-refractivity contribution is -0.0535. The molecule has 0 amide bonds. The van der Waals surface area contributed by atoms with Gasteiger partial charge in [-0.3, -0.25) is 4.79 Å². The van der Waals surface area contributed by atoms with Crippen LogP contribution in [0.5, 0.6) is 11.8 Å². The van der Waals surface area contributed by atoms with Crippen LogP contribution >= 0.6 is 11.3 Å². The minimum absolute atomic E-state index is 0.0546. The van der Waals surface area contributed by atoms with Gasteiger partial charge in [0.2, 0.25) is 17.5 Å². The molecule has 0 saturated heterocycles. The number of aromatic nitrogens is 3. The summed E-state index contributed by atoms with van der Waals surface area (Å²) in [5, 5.41) is 3.08. The summed E-state index contributed by atoms with van der Waals surface area (Å²) in [6, 6.07) is 5.05. The largest absolute Gasteiger partial charge is 0.417 e. The highest BCUT2D eigenvalue weighted by Gasteiger charge is 2.19. The van der Waals surface area contributed by atoms with Crippen molar-refractivity contribution < 1.29 is 31.8 Å². The van der Waals surface area contributed by atoms with Crippen LogP contribution in [-0.2, 0) is 0 Å². The van der Waals surface area contributed by atoms with Crippen molar-refractivity contribution in [3.63, 3.8) is 0 Å². The summed E-state index contributed by atoms with van der Waals surface area (Å²) >= 11 is 0.932. The Kier molecular flexibility index (Phi) is 6.07. The molecule has 13 heteroatoms. The van der Waals surface area contributed by atoms with Crippen LogP contribution in [0.25, 0.3) is 0 Å². The quantitative estimate of drug-likeness (QED) is 0.412. The Balaban J connectivity index is 1.71. The third-order valence-electron chi connectivity index (χ3n) is 3.27. The number of halogens is 4. The van der Waals surface area contributed by atoms with E-state index in [0.717, 1.165) is 23.6 Å². The topological polar surface area (TPSA) is 112 Å². The lowest BCUT2D eigenvalue weighted by Crippen LogP contribution is -2.06. The van der Waals surface area contributed by atoms with E-state index in [0.29, 0.717) is 5.69 Å². The molecule has 0 radical (unpaired) electrons. The van der Waals surface area contributed by atoms with E-state index in [1.807, 2.05) is 0 Å². The van der Waals surface area contributed by atoms with Crippen LogP contribution < -0.4 is 20.5 Å². The Labute approximate surface area is 164 Å². The second kappa shape index (κ2) is 8.68. The average Bonchev–Trinajstić information content (AvgIpc) is 3.02. The van der Waals surface area contributed by atoms with E-state index in [2.05, 4.69) is 29.7 Å². The van der Waals surface area contributed by atoms with E-state index in [1.54, 1.807) is 0 Å². The maximum absolute atomic E-state index is 12.5. The molecule has 3 aromatic rings. The van der Waals surface area contributed by atoms with Crippen molar-refractivity contribution in [3.05, 3.63) is 47.1 Å². The number of ether oxygens (including phenoxy) is 2. The van der Waals surface area contributed by atoms with Crippen LogP contribution in [0, 0.1) is 0 Å². The number of nitrogens with zero attached hydrogens (tertiary/aromatic N) is 3. The summed E-state index contributed by atoms with van der Waals surface area (Å²) in [5.74, 6) is -1.15. The molecule has 3 rings (SSSR count). The number of anilines is 3. The summed E-state index contributed by atoms with van der Waals surface area (Å²) in [7, 11) is 0. The van der Waals surface area contributed by atoms with Crippen molar-refractivity contribution in [2.24, 2.45) is 0 Å². The van der Waals surface area contributed by atoms with Gasteiger partial charge in [-0.05, 0) is 12.1 Å². The zero-order chi connectivity index (χ0) is 21.0. The summed E-state index contributed by atoms with van der Waals surface area (Å²) in [4.78, 5) is 24.0. The van der Waals surface area contributed by atoms with Crippen molar-refractivity contribution in [3.8, 4) is 11.8 Å². The lowest BCUT2D eigenvalue weighted by atomic mass is 10.1. The smallest absolute Gasteiger partial charge is 0.388 e. The average molecular weight is 429 g/mol. The molecule has 29 heavy (non-hydrogen) atoms. The maximum Gasteiger partial charge on any atom is 0.388 e. The number of ketones is 1. The van der Waals surface area contributed by atoms with Crippen molar-refractivity contribution >= 4 is 33.8 Å². The number of thiazole rings is 1. The van der Waals surface area contributed by atoms with Crippen LogP contribution in [0.4, 0.5) is 34.2 Å². The second-order valence-electron chi connectivity index (χ2n) is 5.21. The first-order valence-corrected chi connectivity index (χ1v) is 8.53. The van der Waals surface area contributed by atoms with Gasteiger partial charge in [-0.25, -0.2) is 15.0 Å². The fraction of sp³-hybridized carbons (Fsp3) is 0.125. The Morgan fingerprint density at radius 3 is 2.14 bits per heavy atom. The summed E-state index contributed by atoms with van der Waals surface area (Å²) in [6.07, 6.45) is 2.32. The van der Waals surface area contributed by atoms with Crippen LogP contribution in [0.3, 0.4) is 0 Å². The van der Waals surface area contributed by atoms with Gasteiger partial charge < -0.3 is 20.5 Å². The molecule has 0 aliphatic heterocycles. The highest BCUT2D eigenvalue weighted by atomic mass is 32.1. The fourth-order valence-corrected chi connectivity index (χ4v) is 2.96. The van der Waals surface area contributed by atoms with Gasteiger partial charge in [-0.15, -0.1) is 0 Å². The van der Waals surface area contributed by atoms with Crippen molar-refractivity contribution in [1.29, 1.82) is 0 Å². The molecule has 0 spiro atoms. The van der Waals surface area contributed by atoms with Crippen LogP contribution in [0.2, 0.25) is 0 Å². The van der Waals surface area contributed by atoms with E-state index in [-0.39, 0.29) is 33.1 Å². The fourth-order valence-electron chi connectivity index (χ4n) is 2.09. The number of hydrogen-bond acceptors (Lipinski definition) is 9. The molecule has 0 unspecified atom stereocenters. The minimum atomic E-state index is -3.03. The Morgan fingerprint density at radius 1 is 1.00 bits per heavy atom. The zero-order valence-electron chi connectivity index (χ0n) is 14.2. The number of alkyl halides is 4. The number of rotatable bonds is 8. The van der Waals surface area contributed by atoms with Crippen molar-refractivity contribution in [1.82, 2.24) is 15.0 Å². The molecule has 3 aromatic heterocycles. The molecule has 0 fully saturated rings. The molecule has 0 aliphatic rings. The first-order chi connectivity index (χ1) is 13.8. The number of carbonyl (C=O) groups is 1. The first-order valence-electron chi connectivity index (χ1n) is 7.71. The molecule has 0 atom stereocenters. The van der Waals surface area contributed by atoms with Gasteiger partial charge in [0.25, 0.3) is 0 Å². The van der Waals surface area contributed by atoms with Gasteiger partial charge in [0.15, 0.2) is 5.13 Å². The number of pyridine rings is 2. The third kappa shape index (κ3) is 5.28. The summed E-state index contributed by atoms with van der Waals surface area (Å²) in [6.45, 7) is -6.01. The van der Waals surface area contributed by atoms with E-state index in [4.69, 9.17) is 5.73 Å². The predicted molar refractivity (Wildman–Crippen MR) is 95.0 cm³/mol.